The van der Waals surface area contributed by atoms with Crippen LogP contribution in [0.1, 0.15) is 57.6 Å². The van der Waals surface area contributed by atoms with Crippen molar-refractivity contribution in [1.29, 1.82) is 0 Å². The van der Waals surface area contributed by atoms with Gasteiger partial charge < -0.3 is 10.1 Å². The predicted molar refractivity (Wildman–Crippen MR) is 104 cm³/mol. The third kappa shape index (κ3) is 3.11. The summed E-state index contributed by atoms with van der Waals surface area (Å²) in [6.45, 7) is 9.62. The van der Waals surface area contributed by atoms with Crippen molar-refractivity contribution in [2.45, 2.75) is 58.1 Å². The van der Waals surface area contributed by atoms with Crippen LogP contribution in [0.3, 0.4) is 0 Å². The number of allylic oxidation sites excluding steroid dienone is 1. The number of carbonyl (C=O) groups is 1. The quantitative estimate of drug-likeness (QED) is 0.632. The molecule has 3 aliphatic rings. The lowest BCUT2D eigenvalue weighted by Gasteiger charge is -2.50. The van der Waals surface area contributed by atoms with Crippen molar-refractivity contribution in [3.05, 3.63) is 48.0 Å². The van der Waals surface area contributed by atoms with Gasteiger partial charge in [-0.05, 0) is 55.9 Å². The maximum Gasteiger partial charge on any atom is 0.310 e. The van der Waals surface area contributed by atoms with Gasteiger partial charge in [0.15, 0.2) is 0 Å². The number of rotatable bonds is 4. The van der Waals surface area contributed by atoms with E-state index in [2.05, 4.69) is 50.0 Å². The van der Waals surface area contributed by atoms with Crippen LogP contribution < -0.4 is 5.32 Å². The summed E-state index contributed by atoms with van der Waals surface area (Å²) in [4.78, 5) is 12.6. The van der Waals surface area contributed by atoms with E-state index in [4.69, 9.17) is 4.74 Å². The Bertz CT molecular complexity index is 685. The molecule has 3 nitrogen and oxygen atoms in total. The number of esters is 1. The standard InChI is InChI=1S/C23H31NO2/c1-15-8-7-11-23(3)13-21-18(12-20(15)23)19(22(25)26-21)14-24-16(2)17-9-5-4-6-10-17/h4-6,9-10,16,18-21,24H,1,7-8,11-14H2,2-3H3/t16-,18+,19?,20?,21+,23+/m0/s1. The van der Waals surface area contributed by atoms with E-state index in [-0.39, 0.29) is 29.4 Å². The summed E-state index contributed by atoms with van der Waals surface area (Å²) in [6.07, 6.45) is 5.81. The highest BCUT2D eigenvalue weighted by Gasteiger charge is 2.54. The Morgan fingerprint density at radius 3 is 2.88 bits per heavy atom. The second kappa shape index (κ2) is 6.84. The minimum atomic E-state index is -0.0227. The van der Waals surface area contributed by atoms with E-state index >= 15 is 0 Å². The summed E-state index contributed by atoms with van der Waals surface area (Å²) in [5.74, 6) is 0.873. The SMILES string of the molecule is C=C1CCC[C@]2(C)C[C@H]3OC(=O)C(CN[C@@H](C)c4ccccc4)[C@H]3CC12. The average molecular weight is 354 g/mol. The van der Waals surface area contributed by atoms with Crippen LogP contribution in [0.15, 0.2) is 42.5 Å². The zero-order valence-electron chi connectivity index (χ0n) is 16.0. The highest BCUT2D eigenvalue weighted by molar-refractivity contribution is 5.75. The van der Waals surface area contributed by atoms with Crippen LogP contribution in [0, 0.1) is 23.2 Å². The lowest BCUT2D eigenvalue weighted by molar-refractivity contribution is -0.146. The topological polar surface area (TPSA) is 38.3 Å². The Hall–Kier alpha value is -1.61. The van der Waals surface area contributed by atoms with Gasteiger partial charge in [0.1, 0.15) is 6.10 Å². The molecule has 1 aromatic rings. The van der Waals surface area contributed by atoms with E-state index in [1.807, 2.05) is 6.07 Å². The Labute approximate surface area is 157 Å². The van der Waals surface area contributed by atoms with Crippen LogP contribution in [0.2, 0.25) is 0 Å². The fourth-order valence-corrected chi connectivity index (χ4v) is 5.65. The molecule has 0 radical (unpaired) electrons. The van der Waals surface area contributed by atoms with Gasteiger partial charge in [0, 0.05) is 18.5 Å². The Balaban J connectivity index is 1.45. The lowest BCUT2D eigenvalue weighted by Crippen LogP contribution is -2.45. The third-order valence-corrected chi connectivity index (χ3v) is 7.26. The zero-order valence-corrected chi connectivity index (χ0v) is 16.0. The van der Waals surface area contributed by atoms with Crippen molar-refractivity contribution < 1.29 is 9.53 Å². The van der Waals surface area contributed by atoms with E-state index in [0.29, 0.717) is 18.4 Å². The molecule has 1 heterocycles. The molecule has 2 saturated carbocycles. The number of fused-ring (bicyclic) bond motifs is 2. The minimum Gasteiger partial charge on any atom is -0.462 e. The van der Waals surface area contributed by atoms with E-state index < -0.39 is 0 Å². The molecule has 1 N–H and O–H groups in total. The Morgan fingerprint density at radius 2 is 2.12 bits per heavy atom. The maximum atomic E-state index is 12.6. The fourth-order valence-electron chi connectivity index (χ4n) is 5.65. The lowest BCUT2D eigenvalue weighted by atomic mass is 9.55. The van der Waals surface area contributed by atoms with Gasteiger partial charge in [-0.2, -0.15) is 0 Å². The number of carbonyl (C=O) groups excluding carboxylic acids is 1. The van der Waals surface area contributed by atoms with Crippen molar-refractivity contribution in [3.8, 4) is 0 Å². The molecule has 0 aromatic heterocycles. The molecule has 3 heteroatoms. The molecule has 3 fully saturated rings. The maximum absolute atomic E-state index is 12.6. The summed E-state index contributed by atoms with van der Waals surface area (Å²) < 4.78 is 5.86. The van der Waals surface area contributed by atoms with Crippen molar-refractivity contribution >= 4 is 5.97 Å². The van der Waals surface area contributed by atoms with E-state index in [9.17, 15) is 4.79 Å². The molecule has 2 unspecified atom stereocenters. The summed E-state index contributed by atoms with van der Waals surface area (Å²) in [7, 11) is 0. The molecule has 26 heavy (non-hydrogen) atoms. The van der Waals surface area contributed by atoms with E-state index in [0.717, 1.165) is 19.3 Å². The zero-order chi connectivity index (χ0) is 18.3. The highest BCUT2D eigenvalue weighted by Crippen LogP contribution is 2.56. The van der Waals surface area contributed by atoms with Gasteiger partial charge in [-0.25, -0.2) is 0 Å². The molecule has 6 atom stereocenters. The van der Waals surface area contributed by atoms with Crippen LogP contribution in [-0.4, -0.2) is 18.6 Å². The van der Waals surface area contributed by atoms with Gasteiger partial charge in [-0.15, -0.1) is 0 Å². The van der Waals surface area contributed by atoms with Crippen LogP contribution in [-0.2, 0) is 9.53 Å². The first kappa shape index (κ1) is 17.8. The van der Waals surface area contributed by atoms with Gasteiger partial charge in [-0.3, -0.25) is 4.79 Å². The van der Waals surface area contributed by atoms with Crippen molar-refractivity contribution in [1.82, 2.24) is 5.32 Å². The summed E-state index contributed by atoms with van der Waals surface area (Å²) in [5, 5.41) is 3.57. The molecule has 2 aliphatic carbocycles. The molecule has 0 bridgehead atoms. The smallest absolute Gasteiger partial charge is 0.310 e. The largest absolute Gasteiger partial charge is 0.462 e. The van der Waals surface area contributed by atoms with Crippen LogP contribution in [0.25, 0.3) is 0 Å². The van der Waals surface area contributed by atoms with E-state index in [1.165, 1.54) is 24.0 Å². The molecular formula is C23H31NO2. The highest BCUT2D eigenvalue weighted by atomic mass is 16.6. The van der Waals surface area contributed by atoms with E-state index in [1.54, 1.807) is 0 Å². The Morgan fingerprint density at radius 1 is 1.35 bits per heavy atom. The summed E-state index contributed by atoms with van der Waals surface area (Å²) in [5.41, 5.74) is 2.93. The van der Waals surface area contributed by atoms with Gasteiger partial charge in [0.25, 0.3) is 0 Å². The van der Waals surface area contributed by atoms with Crippen LogP contribution in [0.4, 0.5) is 0 Å². The summed E-state index contributed by atoms with van der Waals surface area (Å²) in [6, 6.07) is 10.7. The van der Waals surface area contributed by atoms with Gasteiger partial charge >= 0.3 is 5.97 Å². The monoisotopic (exact) mass is 353 g/mol. The molecule has 0 amide bonds. The van der Waals surface area contributed by atoms with Crippen molar-refractivity contribution in [2.75, 3.05) is 6.54 Å². The minimum absolute atomic E-state index is 0.000575. The number of hydrogen-bond donors (Lipinski definition) is 1. The molecular weight excluding hydrogens is 322 g/mol. The first-order chi connectivity index (χ1) is 12.5. The van der Waals surface area contributed by atoms with Crippen LogP contribution in [0.5, 0.6) is 0 Å². The van der Waals surface area contributed by atoms with Gasteiger partial charge in [-0.1, -0.05) is 49.4 Å². The molecule has 140 valence electrons. The normalized spacial score (nSPS) is 37.6. The molecule has 4 rings (SSSR count). The fraction of sp³-hybridized carbons (Fsp3) is 0.609. The predicted octanol–water partition coefficient (Wildman–Crippen LogP) is 4.65. The number of hydrogen-bond acceptors (Lipinski definition) is 3. The average Bonchev–Trinajstić information content (AvgIpc) is 2.92. The molecule has 1 aliphatic heterocycles. The Kier molecular flexibility index (Phi) is 4.68. The van der Waals surface area contributed by atoms with Gasteiger partial charge in [0.2, 0.25) is 0 Å². The van der Waals surface area contributed by atoms with Gasteiger partial charge in [0.05, 0.1) is 5.92 Å². The number of benzene rings is 1. The first-order valence-electron chi connectivity index (χ1n) is 10.1. The second-order valence-corrected chi connectivity index (χ2v) is 8.94. The first-order valence-corrected chi connectivity index (χ1v) is 10.1. The van der Waals surface area contributed by atoms with Crippen molar-refractivity contribution in [3.63, 3.8) is 0 Å². The van der Waals surface area contributed by atoms with Crippen molar-refractivity contribution in [2.24, 2.45) is 23.2 Å². The second-order valence-electron chi connectivity index (χ2n) is 8.94. The molecule has 0 spiro atoms. The summed E-state index contributed by atoms with van der Waals surface area (Å²) >= 11 is 0. The number of ether oxygens (including phenoxy) is 1. The molecule has 1 saturated heterocycles. The third-order valence-electron chi connectivity index (χ3n) is 7.26. The van der Waals surface area contributed by atoms with Crippen LogP contribution >= 0.6 is 0 Å². The molecule has 1 aromatic carbocycles. The number of nitrogens with one attached hydrogen (secondary N) is 1.